The zero-order chi connectivity index (χ0) is 14.9. The van der Waals surface area contributed by atoms with E-state index in [1.54, 1.807) is 12.1 Å². The number of nitrogens with one attached hydrogen (secondary N) is 1. The highest BCUT2D eigenvalue weighted by Crippen LogP contribution is 2.30. The summed E-state index contributed by atoms with van der Waals surface area (Å²) in [5.74, 6) is -0.507. The van der Waals surface area contributed by atoms with Crippen LogP contribution in [0, 0.1) is 12.7 Å². The smallest absolute Gasteiger partial charge is 0.263 e. The molecule has 0 fully saturated rings. The first kappa shape index (κ1) is 15.5. The van der Waals surface area contributed by atoms with E-state index in [-0.39, 0.29) is 9.37 Å². The molecule has 0 radical (unpaired) electrons. The van der Waals surface area contributed by atoms with Crippen LogP contribution in [0.25, 0.3) is 0 Å². The molecule has 0 aromatic heterocycles. The average Bonchev–Trinajstić information content (AvgIpc) is 2.34. The van der Waals surface area contributed by atoms with E-state index < -0.39 is 15.8 Å². The molecule has 0 amide bonds. The largest absolute Gasteiger partial charge is 0.278 e. The summed E-state index contributed by atoms with van der Waals surface area (Å²) in [4.78, 5) is -0.0210. The first-order valence-electron chi connectivity index (χ1n) is 5.54. The summed E-state index contributed by atoms with van der Waals surface area (Å²) in [7, 11) is -3.79. The normalized spacial score (nSPS) is 11.4. The number of anilines is 1. The van der Waals surface area contributed by atoms with Gasteiger partial charge in [-0.1, -0.05) is 12.1 Å². The number of halogens is 3. The first-order valence-corrected chi connectivity index (χ1v) is 8.61. The number of sulfonamides is 1. The molecule has 0 saturated carbocycles. The molecular weight excluding hydrogens is 413 g/mol. The van der Waals surface area contributed by atoms with Crippen LogP contribution in [0.3, 0.4) is 0 Å². The van der Waals surface area contributed by atoms with E-state index in [4.69, 9.17) is 0 Å². The molecular formula is C13H10Br2FNO2S. The molecule has 0 atom stereocenters. The van der Waals surface area contributed by atoms with Gasteiger partial charge in [-0.2, -0.15) is 0 Å². The minimum absolute atomic E-state index is 0.0210. The lowest BCUT2D eigenvalue weighted by atomic mass is 10.2. The van der Waals surface area contributed by atoms with Crippen LogP contribution in [-0.2, 0) is 10.0 Å². The van der Waals surface area contributed by atoms with Gasteiger partial charge in [-0.25, -0.2) is 12.8 Å². The molecule has 0 spiro atoms. The van der Waals surface area contributed by atoms with Crippen LogP contribution in [0.4, 0.5) is 10.1 Å². The summed E-state index contributed by atoms with van der Waals surface area (Å²) in [5, 5.41) is 0. The molecule has 0 unspecified atom stereocenters. The Kier molecular flexibility index (Phi) is 4.51. The van der Waals surface area contributed by atoms with Crippen molar-refractivity contribution < 1.29 is 12.8 Å². The van der Waals surface area contributed by atoms with Crippen LogP contribution < -0.4 is 4.72 Å². The molecule has 1 N–H and O–H groups in total. The summed E-state index contributed by atoms with van der Waals surface area (Å²) in [6.07, 6.45) is 0. The van der Waals surface area contributed by atoms with Gasteiger partial charge in [0, 0.05) is 8.95 Å². The molecule has 106 valence electrons. The molecule has 0 heterocycles. The van der Waals surface area contributed by atoms with Crippen LogP contribution in [0.5, 0.6) is 0 Å². The molecule has 7 heteroatoms. The number of rotatable bonds is 3. The molecule has 0 bridgehead atoms. The third-order valence-corrected chi connectivity index (χ3v) is 6.01. The number of hydrogen-bond acceptors (Lipinski definition) is 2. The van der Waals surface area contributed by atoms with Crippen LogP contribution in [-0.4, -0.2) is 8.42 Å². The Balaban J connectivity index is 2.44. The predicted octanol–water partition coefficient (Wildman–Crippen LogP) is 4.46. The minimum atomic E-state index is -3.79. The third kappa shape index (κ3) is 3.21. The van der Waals surface area contributed by atoms with Crippen molar-refractivity contribution in [2.75, 3.05) is 4.72 Å². The monoisotopic (exact) mass is 421 g/mol. The van der Waals surface area contributed by atoms with E-state index >= 15 is 0 Å². The van der Waals surface area contributed by atoms with Crippen molar-refractivity contribution in [2.45, 2.75) is 11.8 Å². The topological polar surface area (TPSA) is 46.2 Å². The van der Waals surface area contributed by atoms with Crippen molar-refractivity contribution in [2.24, 2.45) is 0 Å². The quantitative estimate of drug-likeness (QED) is 0.793. The van der Waals surface area contributed by atoms with Crippen molar-refractivity contribution in [3.05, 3.63) is 56.7 Å². The van der Waals surface area contributed by atoms with E-state index in [0.29, 0.717) is 10.2 Å². The van der Waals surface area contributed by atoms with Gasteiger partial charge in [-0.05, 0) is 68.6 Å². The number of benzene rings is 2. The second kappa shape index (κ2) is 5.83. The minimum Gasteiger partial charge on any atom is -0.278 e. The lowest BCUT2D eigenvalue weighted by molar-refractivity contribution is 0.599. The molecule has 3 nitrogen and oxygen atoms in total. The van der Waals surface area contributed by atoms with Crippen LogP contribution in [0.1, 0.15) is 5.56 Å². The van der Waals surface area contributed by atoms with Crippen molar-refractivity contribution in [3.63, 3.8) is 0 Å². The molecule has 2 aromatic carbocycles. The highest BCUT2D eigenvalue weighted by Gasteiger charge is 2.19. The Morgan fingerprint density at radius 1 is 1.15 bits per heavy atom. The highest BCUT2D eigenvalue weighted by molar-refractivity contribution is 9.11. The van der Waals surface area contributed by atoms with Gasteiger partial charge in [-0.3, -0.25) is 4.72 Å². The highest BCUT2D eigenvalue weighted by atomic mass is 79.9. The second-order valence-corrected chi connectivity index (χ2v) is 7.41. The molecule has 20 heavy (non-hydrogen) atoms. The fourth-order valence-electron chi connectivity index (χ4n) is 1.62. The lowest BCUT2D eigenvalue weighted by Gasteiger charge is -2.12. The molecule has 0 aliphatic heterocycles. The van der Waals surface area contributed by atoms with Crippen LogP contribution >= 0.6 is 31.9 Å². The third-order valence-electron chi connectivity index (χ3n) is 2.62. The van der Waals surface area contributed by atoms with Gasteiger partial charge in [0.05, 0.1) is 5.69 Å². The summed E-state index contributed by atoms with van der Waals surface area (Å²) >= 11 is 6.40. The molecule has 0 aliphatic carbocycles. The van der Waals surface area contributed by atoms with Gasteiger partial charge < -0.3 is 0 Å². The Labute approximate surface area is 133 Å². The summed E-state index contributed by atoms with van der Waals surface area (Å²) in [6, 6.07) is 8.68. The second-order valence-electron chi connectivity index (χ2n) is 4.12. The van der Waals surface area contributed by atoms with E-state index in [2.05, 4.69) is 36.6 Å². The van der Waals surface area contributed by atoms with Crippen LogP contribution in [0.15, 0.2) is 50.2 Å². The maximum Gasteiger partial charge on any atom is 0.263 e. The van der Waals surface area contributed by atoms with Gasteiger partial charge in [0.15, 0.2) is 0 Å². The van der Waals surface area contributed by atoms with Crippen molar-refractivity contribution in [1.82, 2.24) is 0 Å². The summed E-state index contributed by atoms with van der Waals surface area (Å²) < 4.78 is 41.0. The molecule has 0 saturated heterocycles. The SMILES string of the molecule is Cc1cccc(NS(=O)(=O)c2ccc(F)cc2Br)c1Br. The predicted molar refractivity (Wildman–Crippen MR) is 83.8 cm³/mol. The standard InChI is InChI=1S/C13H10Br2FNO2S/c1-8-3-2-4-11(13(8)15)17-20(18,19)12-6-5-9(16)7-10(12)14/h2-7,17H,1H3. The van der Waals surface area contributed by atoms with E-state index in [9.17, 15) is 12.8 Å². The number of hydrogen-bond donors (Lipinski definition) is 1. The fourth-order valence-corrected chi connectivity index (χ4v) is 4.24. The maximum atomic E-state index is 13.0. The van der Waals surface area contributed by atoms with E-state index in [0.717, 1.165) is 17.7 Å². The van der Waals surface area contributed by atoms with Gasteiger partial charge in [0.1, 0.15) is 10.7 Å². The molecule has 2 rings (SSSR count). The van der Waals surface area contributed by atoms with Crippen LogP contribution in [0.2, 0.25) is 0 Å². The van der Waals surface area contributed by atoms with Crippen molar-refractivity contribution in [3.8, 4) is 0 Å². The Morgan fingerprint density at radius 2 is 1.85 bits per heavy atom. The van der Waals surface area contributed by atoms with Gasteiger partial charge in [0.25, 0.3) is 10.0 Å². The zero-order valence-electron chi connectivity index (χ0n) is 10.3. The molecule has 0 aliphatic rings. The first-order chi connectivity index (χ1) is 9.31. The van der Waals surface area contributed by atoms with Gasteiger partial charge >= 0.3 is 0 Å². The van der Waals surface area contributed by atoms with Gasteiger partial charge in [0.2, 0.25) is 0 Å². The Morgan fingerprint density at radius 3 is 2.50 bits per heavy atom. The van der Waals surface area contributed by atoms with E-state index in [1.165, 1.54) is 6.07 Å². The number of aryl methyl sites for hydroxylation is 1. The summed E-state index contributed by atoms with van der Waals surface area (Å²) in [5.41, 5.74) is 1.34. The van der Waals surface area contributed by atoms with Crippen molar-refractivity contribution >= 4 is 47.6 Å². The molecule has 2 aromatic rings. The summed E-state index contributed by atoms with van der Waals surface area (Å²) in [6.45, 7) is 1.86. The van der Waals surface area contributed by atoms with Gasteiger partial charge in [-0.15, -0.1) is 0 Å². The van der Waals surface area contributed by atoms with Crippen molar-refractivity contribution in [1.29, 1.82) is 0 Å². The Bertz CT molecular complexity index is 763. The Hall–Kier alpha value is -0.920. The average molecular weight is 423 g/mol. The van der Waals surface area contributed by atoms with E-state index in [1.807, 2.05) is 13.0 Å². The zero-order valence-corrected chi connectivity index (χ0v) is 14.3. The lowest BCUT2D eigenvalue weighted by Crippen LogP contribution is -2.14. The fraction of sp³-hybridized carbons (Fsp3) is 0.0769. The maximum absolute atomic E-state index is 13.0.